The molecule has 0 fully saturated rings. The summed E-state index contributed by atoms with van der Waals surface area (Å²) < 4.78 is 27.3. The standard InChI is InChI=1S/C24H21F2N3O5/c25-16-5-1-14(2-6-16)9-10-29-19(30)13-28-12-18(21(31)22(32)20(28)24(29)34)23(33)27-11-15-3-7-17(26)8-4-15/h1-8,12,19,30,32H,9-11,13H2,(H,27,33). The van der Waals surface area contributed by atoms with Crippen molar-refractivity contribution in [3.63, 3.8) is 0 Å². The summed E-state index contributed by atoms with van der Waals surface area (Å²) in [6.45, 7) is -0.0878. The van der Waals surface area contributed by atoms with Gasteiger partial charge in [-0.2, -0.15) is 0 Å². The molecule has 0 aliphatic carbocycles. The third-order valence-corrected chi connectivity index (χ3v) is 5.60. The zero-order valence-corrected chi connectivity index (χ0v) is 17.9. The van der Waals surface area contributed by atoms with Crippen molar-refractivity contribution >= 4 is 11.8 Å². The lowest BCUT2D eigenvalue weighted by molar-refractivity contribution is -0.0118. The van der Waals surface area contributed by atoms with E-state index in [0.717, 1.165) is 16.7 Å². The zero-order chi connectivity index (χ0) is 24.4. The minimum absolute atomic E-state index is 0.0137. The van der Waals surface area contributed by atoms with Gasteiger partial charge in [-0.15, -0.1) is 0 Å². The van der Waals surface area contributed by atoms with Gasteiger partial charge in [0.15, 0.2) is 11.4 Å². The molecule has 0 spiro atoms. The third kappa shape index (κ3) is 4.67. The number of hydrogen-bond donors (Lipinski definition) is 3. The minimum atomic E-state index is -1.27. The van der Waals surface area contributed by atoms with Gasteiger partial charge >= 0.3 is 0 Å². The molecular weight excluding hydrogens is 448 g/mol. The van der Waals surface area contributed by atoms with E-state index in [1.165, 1.54) is 41.0 Å². The molecule has 0 saturated heterocycles. The van der Waals surface area contributed by atoms with Gasteiger partial charge in [-0.05, 0) is 41.8 Å². The smallest absolute Gasteiger partial charge is 0.276 e. The topological polar surface area (TPSA) is 112 Å². The fraction of sp³-hybridized carbons (Fsp3) is 0.208. The molecule has 0 radical (unpaired) electrons. The highest BCUT2D eigenvalue weighted by Crippen LogP contribution is 2.23. The maximum Gasteiger partial charge on any atom is 0.276 e. The highest BCUT2D eigenvalue weighted by Gasteiger charge is 2.35. The molecule has 1 aliphatic rings. The molecule has 2 heterocycles. The van der Waals surface area contributed by atoms with E-state index in [2.05, 4.69) is 5.32 Å². The lowest BCUT2D eigenvalue weighted by Gasteiger charge is -2.34. The number of nitrogens with one attached hydrogen (secondary N) is 1. The Kier molecular flexibility index (Phi) is 6.42. The number of nitrogens with zero attached hydrogens (tertiary/aromatic N) is 2. The van der Waals surface area contributed by atoms with Gasteiger partial charge in [0.25, 0.3) is 11.8 Å². The van der Waals surface area contributed by atoms with E-state index in [9.17, 15) is 33.4 Å². The quantitative estimate of drug-likeness (QED) is 0.510. The third-order valence-electron chi connectivity index (χ3n) is 5.60. The number of carbonyl (C=O) groups is 2. The number of benzene rings is 2. The molecular formula is C24H21F2N3O5. The molecule has 1 unspecified atom stereocenters. The van der Waals surface area contributed by atoms with Gasteiger partial charge < -0.3 is 25.0 Å². The summed E-state index contributed by atoms with van der Waals surface area (Å²) in [4.78, 5) is 39.3. The van der Waals surface area contributed by atoms with Gasteiger partial charge in [-0.3, -0.25) is 14.4 Å². The average molecular weight is 469 g/mol. The van der Waals surface area contributed by atoms with Crippen LogP contribution >= 0.6 is 0 Å². The maximum absolute atomic E-state index is 13.1. The monoisotopic (exact) mass is 469 g/mol. The maximum atomic E-state index is 13.1. The van der Waals surface area contributed by atoms with Crippen molar-refractivity contribution in [3.05, 3.63) is 99.0 Å². The van der Waals surface area contributed by atoms with Crippen LogP contribution in [0.2, 0.25) is 0 Å². The summed E-state index contributed by atoms with van der Waals surface area (Å²) in [6.07, 6.45) is 0.172. The summed E-state index contributed by atoms with van der Waals surface area (Å²) >= 11 is 0. The molecule has 1 atom stereocenters. The molecule has 176 valence electrons. The molecule has 2 amide bonds. The van der Waals surface area contributed by atoms with Crippen molar-refractivity contribution in [1.29, 1.82) is 0 Å². The van der Waals surface area contributed by atoms with Crippen molar-refractivity contribution < 1.29 is 28.6 Å². The lowest BCUT2D eigenvalue weighted by Crippen LogP contribution is -2.50. The molecule has 0 saturated carbocycles. The van der Waals surface area contributed by atoms with Crippen LogP contribution in [0.3, 0.4) is 0 Å². The fourth-order valence-corrected chi connectivity index (χ4v) is 3.76. The van der Waals surface area contributed by atoms with Crippen LogP contribution in [-0.2, 0) is 19.5 Å². The van der Waals surface area contributed by atoms with Crippen LogP contribution in [0.25, 0.3) is 0 Å². The number of aliphatic hydroxyl groups excluding tert-OH is 1. The molecule has 4 rings (SSSR count). The van der Waals surface area contributed by atoms with Crippen LogP contribution in [-0.4, -0.2) is 44.3 Å². The van der Waals surface area contributed by atoms with E-state index >= 15 is 0 Å². The summed E-state index contributed by atoms with van der Waals surface area (Å²) in [5.74, 6) is -3.27. The van der Waals surface area contributed by atoms with E-state index in [0.29, 0.717) is 12.0 Å². The van der Waals surface area contributed by atoms with Crippen molar-refractivity contribution in [2.45, 2.75) is 25.7 Å². The van der Waals surface area contributed by atoms with E-state index in [-0.39, 0.29) is 25.3 Å². The number of aromatic hydroxyl groups is 1. The van der Waals surface area contributed by atoms with Gasteiger partial charge in [0, 0.05) is 19.3 Å². The van der Waals surface area contributed by atoms with E-state index in [4.69, 9.17) is 0 Å². The number of aliphatic hydroxyl groups is 1. The van der Waals surface area contributed by atoms with Crippen molar-refractivity contribution in [2.75, 3.05) is 6.54 Å². The Labute approximate surface area is 192 Å². The fourth-order valence-electron chi connectivity index (χ4n) is 3.76. The Balaban J connectivity index is 1.52. The average Bonchev–Trinajstić information content (AvgIpc) is 2.81. The van der Waals surface area contributed by atoms with Crippen LogP contribution in [0.4, 0.5) is 8.78 Å². The number of amides is 2. The molecule has 2 aromatic carbocycles. The molecule has 0 bridgehead atoms. The van der Waals surface area contributed by atoms with Crippen molar-refractivity contribution in [1.82, 2.24) is 14.8 Å². The highest BCUT2D eigenvalue weighted by molar-refractivity contribution is 5.99. The summed E-state index contributed by atoms with van der Waals surface area (Å²) in [7, 11) is 0. The first-order chi connectivity index (χ1) is 16.2. The van der Waals surface area contributed by atoms with Gasteiger partial charge in [0.1, 0.15) is 23.4 Å². The second kappa shape index (κ2) is 9.44. The van der Waals surface area contributed by atoms with Gasteiger partial charge in [0.2, 0.25) is 5.43 Å². The van der Waals surface area contributed by atoms with Gasteiger partial charge in [-0.1, -0.05) is 24.3 Å². The molecule has 8 nitrogen and oxygen atoms in total. The van der Waals surface area contributed by atoms with E-state index in [1.807, 2.05) is 0 Å². The first-order valence-corrected chi connectivity index (χ1v) is 10.5. The number of fused-ring (bicyclic) bond motifs is 1. The number of pyridine rings is 1. The number of halogens is 2. The predicted octanol–water partition coefficient (Wildman–Crippen LogP) is 1.78. The van der Waals surface area contributed by atoms with Gasteiger partial charge in [0.05, 0.1) is 6.54 Å². The largest absolute Gasteiger partial charge is 0.503 e. The van der Waals surface area contributed by atoms with Crippen molar-refractivity contribution in [2.24, 2.45) is 0 Å². The van der Waals surface area contributed by atoms with Crippen LogP contribution < -0.4 is 10.7 Å². The number of aromatic nitrogens is 1. The van der Waals surface area contributed by atoms with Crippen LogP contribution in [0.5, 0.6) is 5.75 Å². The Morgan fingerprint density at radius 3 is 2.21 bits per heavy atom. The van der Waals surface area contributed by atoms with Gasteiger partial charge in [-0.25, -0.2) is 8.78 Å². The molecule has 1 aromatic heterocycles. The molecule has 3 aromatic rings. The second-order valence-corrected chi connectivity index (χ2v) is 7.89. The number of hydrogen-bond acceptors (Lipinski definition) is 5. The first kappa shape index (κ1) is 23.1. The number of carbonyl (C=O) groups excluding carboxylic acids is 2. The normalized spacial score (nSPS) is 15.2. The number of rotatable bonds is 6. The molecule has 34 heavy (non-hydrogen) atoms. The zero-order valence-electron chi connectivity index (χ0n) is 17.9. The lowest BCUT2D eigenvalue weighted by atomic mass is 10.1. The molecule has 1 aliphatic heterocycles. The summed E-state index contributed by atoms with van der Waals surface area (Å²) in [5.41, 5.74) is -0.417. The molecule has 3 N–H and O–H groups in total. The predicted molar refractivity (Wildman–Crippen MR) is 117 cm³/mol. The summed E-state index contributed by atoms with van der Waals surface area (Å²) in [5, 5.41) is 23.5. The van der Waals surface area contributed by atoms with Crippen molar-refractivity contribution in [3.8, 4) is 5.75 Å². The Morgan fingerprint density at radius 2 is 1.59 bits per heavy atom. The minimum Gasteiger partial charge on any atom is -0.503 e. The SMILES string of the molecule is O=C(NCc1ccc(F)cc1)c1cn2c(c(O)c1=O)C(=O)N(CCc1ccc(F)cc1)C(O)C2. The summed E-state index contributed by atoms with van der Waals surface area (Å²) in [6, 6.07) is 11.1. The Morgan fingerprint density at radius 1 is 1.00 bits per heavy atom. The van der Waals surface area contributed by atoms with E-state index < -0.39 is 46.4 Å². The Bertz CT molecular complexity index is 1290. The molecule has 10 heteroatoms. The Hall–Kier alpha value is -4.05. The van der Waals surface area contributed by atoms with Crippen LogP contribution in [0, 0.1) is 11.6 Å². The van der Waals surface area contributed by atoms with Crippen LogP contribution in [0.15, 0.2) is 59.5 Å². The first-order valence-electron chi connectivity index (χ1n) is 10.5. The van der Waals surface area contributed by atoms with Crippen LogP contribution in [0.1, 0.15) is 32.0 Å². The van der Waals surface area contributed by atoms with E-state index in [1.54, 1.807) is 12.1 Å². The highest BCUT2D eigenvalue weighted by atomic mass is 19.1. The second-order valence-electron chi connectivity index (χ2n) is 7.89.